The lowest BCUT2D eigenvalue weighted by molar-refractivity contribution is 0.0684. The van der Waals surface area contributed by atoms with Gasteiger partial charge in [-0.05, 0) is 49.2 Å². The molecule has 3 aromatic heterocycles. The van der Waals surface area contributed by atoms with Crippen molar-refractivity contribution in [3.05, 3.63) is 34.7 Å². The van der Waals surface area contributed by atoms with Crippen molar-refractivity contribution in [1.29, 1.82) is 0 Å². The summed E-state index contributed by atoms with van der Waals surface area (Å²) in [6.45, 7) is 4.88. The van der Waals surface area contributed by atoms with Crippen molar-refractivity contribution in [3.8, 4) is 0 Å². The number of nitrogens with two attached hydrogens (primary N) is 2. The van der Waals surface area contributed by atoms with Crippen LogP contribution in [-0.4, -0.2) is 74.3 Å². The Morgan fingerprint density at radius 3 is 2.45 bits per heavy atom. The standard InChI is InChI=1S/C25H28ClN9O2S/c1-2-16-19(26)18-20(29-16)32-25(33-23(18)35-8-6-13(28)11-35)38-14-3-4-15-17(9-14)30-21(24(36)37)31-22(15)34-7-5-12(27)10-34/h3-4,9,12-13H,2,5-8,10-11,27-28H2,1H3,(H,36,37)(H,29,32,33)/t12?,13-/m1/s1. The zero-order chi connectivity index (χ0) is 26.6. The van der Waals surface area contributed by atoms with Crippen LogP contribution in [0.25, 0.3) is 21.9 Å². The van der Waals surface area contributed by atoms with Crippen LogP contribution < -0.4 is 21.3 Å². The lowest BCUT2D eigenvalue weighted by Gasteiger charge is -2.19. The van der Waals surface area contributed by atoms with E-state index in [9.17, 15) is 9.90 Å². The van der Waals surface area contributed by atoms with Crippen LogP contribution in [0.15, 0.2) is 28.3 Å². The molecule has 1 aromatic carbocycles. The van der Waals surface area contributed by atoms with E-state index in [1.807, 2.05) is 30.0 Å². The van der Waals surface area contributed by atoms with Crippen LogP contribution in [-0.2, 0) is 6.42 Å². The van der Waals surface area contributed by atoms with E-state index in [4.69, 9.17) is 33.0 Å². The monoisotopic (exact) mass is 553 g/mol. The van der Waals surface area contributed by atoms with Crippen molar-refractivity contribution in [3.63, 3.8) is 0 Å². The average molecular weight is 554 g/mol. The van der Waals surface area contributed by atoms with E-state index < -0.39 is 5.97 Å². The van der Waals surface area contributed by atoms with Crippen LogP contribution in [0, 0.1) is 0 Å². The van der Waals surface area contributed by atoms with E-state index in [-0.39, 0.29) is 17.9 Å². The number of rotatable bonds is 6. The summed E-state index contributed by atoms with van der Waals surface area (Å²) < 4.78 is 0. The summed E-state index contributed by atoms with van der Waals surface area (Å²) in [4.78, 5) is 38.5. The van der Waals surface area contributed by atoms with Crippen molar-refractivity contribution in [2.75, 3.05) is 36.0 Å². The minimum Gasteiger partial charge on any atom is -0.475 e. The van der Waals surface area contributed by atoms with Crippen LogP contribution in [0.4, 0.5) is 11.6 Å². The molecule has 0 saturated carbocycles. The quantitative estimate of drug-likeness (QED) is 0.259. The number of hydrogen-bond acceptors (Lipinski definition) is 10. The number of halogens is 1. The number of anilines is 2. The topological polar surface area (TPSA) is 163 Å². The first kappa shape index (κ1) is 25.1. The maximum absolute atomic E-state index is 11.8. The van der Waals surface area contributed by atoms with Gasteiger partial charge in [0.15, 0.2) is 5.16 Å². The van der Waals surface area contributed by atoms with Gasteiger partial charge in [-0.2, -0.15) is 0 Å². The number of hydrogen-bond donors (Lipinski definition) is 4. The molecule has 0 aliphatic carbocycles. The Morgan fingerprint density at radius 1 is 1.11 bits per heavy atom. The number of nitrogens with zero attached hydrogens (tertiary/aromatic N) is 6. The second-order valence-corrected chi connectivity index (χ2v) is 11.2. The molecular formula is C25H28ClN9O2S. The maximum Gasteiger partial charge on any atom is 0.374 e. The highest BCUT2D eigenvalue weighted by atomic mass is 35.5. The number of aromatic amines is 1. The lowest BCUT2D eigenvalue weighted by Crippen LogP contribution is -2.27. The molecule has 0 amide bonds. The van der Waals surface area contributed by atoms with Crippen molar-refractivity contribution >= 4 is 62.9 Å². The summed E-state index contributed by atoms with van der Waals surface area (Å²) in [7, 11) is 0. The van der Waals surface area contributed by atoms with E-state index in [1.54, 1.807) is 0 Å². The first-order valence-electron chi connectivity index (χ1n) is 12.6. The number of nitrogens with one attached hydrogen (secondary N) is 1. The largest absolute Gasteiger partial charge is 0.475 e. The molecule has 2 aliphatic heterocycles. The van der Waals surface area contributed by atoms with Crippen molar-refractivity contribution < 1.29 is 9.90 Å². The normalized spacial score (nSPS) is 19.8. The summed E-state index contributed by atoms with van der Waals surface area (Å²) in [6.07, 6.45) is 2.46. The van der Waals surface area contributed by atoms with Gasteiger partial charge >= 0.3 is 5.97 Å². The summed E-state index contributed by atoms with van der Waals surface area (Å²) >= 11 is 8.11. The Hall–Kier alpha value is -3.19. The average Bonchev–Trinajstić information content (AvgIpc) is 3.61. The number of carbonyl (C=O) groups is 1. The maximum atomic E-state index is 11.8. The van der Waals surface area contributed by atoms with E-state index >= 15 is 0 Å². The SMILES string of the molecule is CCc1[nH]c2nc(Sc3ccc4c(N5CCC(N)C5)nc(C(=O)O)nc4c3)nc(N3CC[C@@H](N)C3)c2c1Cl. The number of H-pyrrole nitrogens is 1. The molecule has 0 spiro atoms. The van der Waals surface area contributed by atoms with Crippen LogP contribution in [0.3, 0.4) is 0 Å². The zero-order valence-electron chi connectivity index (χ0n) is 20.8. The number of benzene rings is 1. The summed E-state index contributed by atoms with van der Waals surface area (Å²) in [6, 6.07) is 5.84. The molecule has 2 aliphatic rings. The van der Waals surface area contributed by atoms with E-state index in [0.29, 0.717) is 40.3 Å². The van der Waals surface area contributed by atoms with Gasteiger partial charge in [0.05, 0.1) is 15.9 Å². The number of aryl methyl sites for hydroxylation is 1. The van der Waals surface area contributed by atoms with Gasteiger partial charge in [0.2, 0.25) is 5.82 Å². The molecule has 5 heterocycles. The number of carboxylic acid groups (broad SMARTS) is 1. The predicted molar refractivity (Wildman–Crippen MR) is 149 cm³/mol. The highest BCUT2D eigenvalue weighted by molar-refractivity contribution is 7.99. The highest BCUT2D eigenvalue weighted by Gasteiger charge is 2.27. The third kappa shape index (κ3) is 4.51. The van der Waals surface area contributed by atoms with Gasteiger partial charge in [0.1, 0.15) is 17.3 Å². The minimum atomic E-state index is -1.17. The molecule has 2 fully saturated rings. The Morgan fingerprint density at radius 2 is 1.82 bits per heavy atom. The van der Waals surface area contributed by atoms with Gasteiger partial charge in [-0.25, -0.2) is 24.7 Å². The number of fused-ring (bicyclic) bond motifs is 2. The molecule has 13 heteroatoms. The van der Waals surface area contributed by atoms with Gasteiger partial charge in [-0.3, -0.25) is 0 Å². The van der Waals surface area contributed by atoms with Crippen molar-refractivity contribution in [2.45, 2.75) is 48.3 Å². The summed E-state index contributed by atoms with van der Waals surface area (Å²) in [5.41, 5.74) is 14.4. The first-order chi connectivity index (χ1) is 18.3. The molecule has 11 nitrogen and oxygen atoms in total. The Bertz CT molecular complexity index is 1560. The zero-order valence-corrected chi connectivity index (χ0v) is 22.4. The summed E-state index contributed by atoms with van der Waals surface area (Å²) in [5, 5.41) is 12.4. The fraction of sp³-hybridized carbons (Fsp3) is 0.400. The third-order valence-corrected chi connectivity index (χ3v) is 8.35. The first-order valence-corrected chi connectivity index (χ1v) is 13.8. The fourth-order valence-corrected chi connectivity index (χ4v) is 6.29. The van der Waals surface area contributed by atoms with E-state index in [1.165, 1.54) is 11.8 Å². The van der Waals surface area contributed by atoms with Gasteiger partial charge < -0.3 is 31.4 Å². The van der Waals surface area contributed by atoms with E-state index in [0.717, 1.165) is 59.5 Å². The number of aromatic carboxylic acids is 1. The van der Waals surface area contributed by atoms with Crippen LogP contribution in [0.2, 0.25) is 5.02 Å². The number of carboxylic acids is 1. The Balaban J connectivity index is 1.41. The molecule has 2 saturated heterocycles. The Kier molecular flexibility index (Phi) is 6.50. The highest BCUT2D eigenvalue weighted by Crippen LogP contribution is 2.38. The van der Waals surface area contributed by atoms with E-state index in [2.05, 4.69) is 19.9 Å². The van der Waals surface area contributed by atoms with Crippen LogP contribution >= 0.6 is 23.4 Å². The second-order valence-electron chi connectivity index (χ2n) is 9.77. The van der Waals surface area contributed by atoms with Gasteiger partial charge in [-0.1, -0.05) is 18.5 Å². The molecular weight excluding hydrogens is 526 g/mol. The minimum absolute atomic E-state index is 0.0317. The van der Waals surface area contributed by atoms with Gasteiger partial charge in [-0.15, -0.1) is 0 Å². The molecule has 1 unspecified atom stereocenters. The third-order valence-electron chi connectivity index (χ3n) is 7.07. The second kappa shape index (κ2) is 9.84. The molecule has 198 valence electrons. The molecule has 38 heavy (non-hydrogen) atoms. The fourth-order valence-electron chi connectivity index (χ4n) is 5.15. The molecule has 6 N–H and O–H groups in total. The molecule has 0 radical (unpaired) electrons. The van der Waals surface area contributed by atoms with Crippen LogP contribution in [0.1, 0.15) is 36.1 Å². The van der Waals surface area contributed by atoms with Crippen LogP contribution in [0.5, 0.6) is 0 Å². The molecule has 4 aromatic rings. The van der Waals surface area contributed by atoms with Gasteiger partial charge in [0, 0.05) is 54.2 Å². The molecule has 0 bridgehead atoms. The van der Waals surface area contributed by atoms with Gasteiger partial charge in [0.25, 0.3) is 0 Å². The van der Waals surface area contributed by atoms with Crippen molar-refractivity contribution in [2.24, 2.45) is 11.5 Å². The predicted octanol–water partition coefficient (Wildman–Crippen LogP) is 3.04. The lowest BCUT2D eigenvalue weighted by atomic mass is 10.2. The molecule has 2 atom stereocenters. The number of aromatic nitrogens is 5. The molecule has 6 rings (SSSR count). The summed E-state index contributed by atoms with van der Waals surface area (Å²) in [5.74, 6) is -0.0495. The Labute approximate surface area is 228 Å². The van der Waals surface area contributed by atoms with Crippen molar-refractivity contribution in [1.82, 2.24) is 24.9 Å². The smallest absolute Gasteiger partial charge is 0.374 e.